The average molecular weight is 450 g/mol. The molecule has 1 aromatic heterocycles. The maximum Gasteiger partial charge on any atom is 0.234 e. The van der Waals surface area contributed by atoms with Gasteiger partial charge >= 0.3 is 0 Å². The van der Waals surface area contributed by atoms with Gasteiger partial charge in [-0.05, 0) is 62.4 Å². The highest BCUT2D eigenvalue weighted by molar-refractivity contribution is 7.99. The molecule has 0 spiro atoms. The van der Waals surface area contributed by atoms with Crippen molar-refractivity contribution >= 4 is 29.0 Å². The standard InChI is InChI=1S/C25H31N5OS/c1-4-30-24(22-8-6-5-7-19(22)3)27-28-25(30)32-17-23(31)26-20-9-11-21(12-10-20)29-15-13-18(2)14-16-29/h5-12,18H,4,13-17H2,1-3H3,(H,26,31). The number of piperidine rings is 1. The molecule has 0 saturated carbocycles. The van der Waals surface area contributed by atoms with E-state index in [9.17, 15) is 4.79 Å². The molecule has 1 fully saturated rings. The van der Waals surface area contributed by atoms with Gasteiger partial charge in [0.15, 0.2) is 11.0 Å². The quantitative estimate of drug-likeness (QED) is 0.500. The molecule has 32 heavy (non-hydrogen) atoms. The van der Waals surface area contributed by atoms with Gasteiger partial charge < -0.3 is 14.8 Å². The van der Waals surface area contributed by atoms with Crippen molar-refractivity contribution < 1.29 is 4.79 Å². The van der Waals surface area contributed by atoms with Gasteiger partial charge in [-0.15, -0.1) is 10.2 Å². The summed E-state index contributed by atoms with van der Waals surface area (Å²) in [7, 11) is 0. The summed E-state index contributed by atoms with van der Waals surface area (Å²) in [6.07, 6.45) is 2.48. The molecule has 6 nitrogen and oxygen atoms in total. The van der Waals surface area contributed by atoms with Gasteiger partial charge in [-0.3, -0.25) is 4.79 Å². The lowest BCUT2D eigenvalue weighted by Crippen LogP contribution is -2.32. The number of hydrogen-bond acceptors (Lipinski definition) is 5. The third-order valence-electron chi connectivity index (χ3n) is 6.05. The van der Waals surface area contributed by atoms with Gasteiger partial charge in [0.1, 0.15) is 0 Å². The van der Waals surface area contributed by atoms with E-state index >= 15 is 0 Å². The van der Waals surface area contributed by atoms with Crippen LogP contribution in [0.15, 0.2) is 53.7 Å². The Bertz CT molecular complexity index is 1050. The Labute approximate surface area is 194 Å². The minimum atomic E-state index is -0.0438. The van der Waals surface area contributed by atoms with E-state index in [-0.39, 0.29) is 11.7 Å². The van der Waals surface area contributed by atoms with E-state index in [1.165, 1.54) is 30.3 Å². The van der Waals surface area contributed by atoms with Crippen LogP contribution in [-0.4, -0.2) is 39.5 Å². The predicted molar refractivity (Wildman–Crippen MR) is 132 cm³/mol. The second kappa shape index (κ2) is 10.2. The first-order chi connectivity index (χ1) is 15.5. The summed E-state index contributed by atoms with van der Waals surface area (Å²) in [6.45, 7) is 9.41. The van der Waals surface area contributed by atoms with Gasteiger partial charge in [0.2, 0.25) is 5.91 Å². The Kier molecular flexibility index (Phi) is 7.15. The zero-order valence-electron chi connectivity index (χ0n) is 19.0. The van der Waals surface area contributed by atoms with Crippen LogP contribution in [0.4, 0.5) is 11.4 Å². The van der Waals surface area contributed by atoms with Crippen LogP contribution >= 0.6 is 11.8 Å². The van der Waals surface area contributed by atoms with Crippen LogP contribution in [0.5, 0.6) is 0 Å². The molecule has 4 rings (SSSR count). The lowest BCUT2D eigenvalue weighted by atomic mass is 9.99. The molecular weight excluding hydrogens is 418 g/mol. The van der Waals surface area contributed by atoms with E-state index in [2.05, 4.69) is 70.0 Å². The van der Waals surface area contributed by atoms with Gasteiger partial charge in [-0.1, -0.05) is 43.0 Å². The van der Waals surface area contributed by atoms with Crippen molar-refractivity contribution in [2.45, 2.75) is 45.3 Å². The molecular formula is C25H31N5OS. The molecule has 0 unspecified atom stereocenters. The zero-order chi connectivity index (χ0) is 22.5. The second-order valence-electron chi connectivity index (χ2n) is 8.42. The van der Waals surface area contributed by atoms with E-state index in [0.717, 1.165) is 53.3 Å². The van der Waals surface area contributed by atoms with Crippen molar-refractivity contribution in [2.75, 3.05) is 29.1 Å². The highest BCUT2D eigenvalue weighted by Gasteiger charge is 2.17. The number of rotatable bonds is 7. The maximum atomic E-state index is 12.5. The summed E-state index contributed by atoms with van der Waals surface area (Å²) in [4.78, 5) is 15.0. The fraction of sp³-hybridized carbons (Fsp3) is 0.400. The van der Waals surface area contributed by atoms with E-state index in [1.807, 2.05) is 24.3 Å². The summed E-state index contributed by atoms with van der Waals surface area (Å²) in [5.74, 6) is 1.90. The van der Waals surface area contributed by atoms with Crippen LogP contribution in [0.25, 0.3) is 11.4 Å². The second-order valence-corrected chi connectivity index (χ2v) is 9.36. The van der Waals surface area contributed by atoms with E-state index in [0.29, 0.717) is 0 Å². The average Bonchev–Trinajstić information content (AvgIpc) is 3.22. The number of anilines is 2. The fourth-order valence-electron chi connectivity index (χ4n) is 4.05. The topological polar surface area (TPSA) is 63.1 Å². The van der Waals surface area contributed by atoms with Crippen molar-refractivity contribution in [1.29, 1.82) is 0 Å². The summed E-state index contributed by atoms with van der Waals surface area (Å²) < 4.78 is 2.06. The fourth-order valence-corrected chi connectivity index (χ4v) is 4.86. The Morgan fingerprint density at radius 2 is 1.81 bits per heavy atom. The molecule has 0 bridgehead atoms. The number of nitrogens with one attached hydrogen (secondary N) is 1. The minimum Gasteiger partial charge on any atom is -0.372 e. The molecule has 1 N–H and O–H groups in total. The van der Waals surface area contributed by atoms with Gasteiger partial charge in [0.25, 0.3) is 0 Å². The minimum absolute atomic E-state index is 0.0438. The number of benzene rings is 2. The number of hydrogen-bond donors (Lipinski definition) is 1. The molecule has 0 atom stereocenters. The van der Waals surface area contributed by atoms with Crippen molar-refractivity contribution in [2.24, 2.45) is 5.92 Å². The van der Waals surface area contributed by atoms with E-state index in [1.54, 1.807) is 0 Å². The molecule has 1 amide bonds. The number of carbonyl (C=O) groups excluding carboxylic acids is 1. The molecule has 3 aromatic rings. The Morgan fingerprint density at radius 1 is 1.09 bits per heavy atom. The Balaban J connectivity index is 1.35. The van der Waals surface area contributed by atoms with Crippen molar-refractivity contribution in [3.05, 3.63) is 54.1 Å². The van der Waals surface area contributed by atoms with Crippen molar-refractivity contribution in [3.8, 4) is 11.4 Å². The third-order valence-corrected chi connectivity index (χ3v) is 7.02. The number of aromatic nitrogens is 3. The van der Waals surface area contributed by atoms with Crippen molar-refractivity contribution in [3.63, 3.8) is 0 Å². The normalized spacial score (nSPS) is 14.5. The third kappa shape index (κ3) is 5.15. The molecule has 2 aromatic carbocycles. The lowest BCUT2D eigenvalue weighted by Gasteiger charge is -2.32. The van der Waals surface area contributed by atoms with Crippen LogP contribution in [-0.2, 0) is 11.3 Å². The van der Waals surface area contributed by atoms with Crippen LogP contribution in [0.2, 0.25) is 0 Å². The SMILES string of the molecule is CCn1c(SCC(=O)Nc2ccc(N3CCC(C)CC3)cc2)nnc1-c1ccccc1C. The number of thioether (sulfide) groups is 1. The number of amides is 1. The molecule has 168 valence electrons. The highest BCUT2D eigenvalue weighted by Crippen LogP contribution is 2.27. The first kappa shape index (κ1) is 22.4. The zero-order valence-corrected chi connectivity index (χ0v) is 19.9. The van der Waals surface area contributed by atoms with Gasteiger partial charge in [0.05, 0.1) is 5.75 Å². The Hall–Kier alpha value is -2.80. The molecule has 1 saturated heterocycles. The molecule has 1 aliphatic heterocycles. The molecule has 0 radical (unpaired) electrons. The number of nitrogens with zero attached hydrogens (tertiary/aromatic N) is 4. The van der Waals surface area contributed by atoms with Crippen LogP contribution in [0, 0.1) is 12.8 Å². The lowest BCUT2D eigenvalue weighted by molar-refractivity contribution is -0.113. The Morgan fingerprint density at radius 3 is 2.50 bits per heavy atom. The number of carbonyl (C=O) groups is 1. The summed E-state index contributed by atoms with van der Waals surface area (Å²) in [5, 5.41) is 12.5. The van der Waals surface area contributed by atoms with Gasteiger partial charge in [0, 0.05) is 36.6 Å². The van der Waals surface area contributed by atoms with Crippen molar-refractivity contribution in [1.82, 2.24) is 14.8 Å². The van der Waals surface area contributed by atoms with Gasteiger partial charge in [-0.2, -0.15) is 0 Å². The van der Waals surface area contributed by atoms with Crippen LogP contribution < -0.4 is 10.2 Å². The summed E-state index contributed by atoms with van der Waals surface area (Å²) >= 11 is 1.42. The summed E-state index contributed by atoms with van der Waals surface area (Å²) in [5.41, 5.74) is 4.28. The predicted octanol–water partition coefficient (Wildman–Crippen LogP) is 5.24. The smallest absolute Gasteiger partial charge is 0.234 e. The van der Waals surface area contributed by atoms with Crippen LogP contribution in [0.1, 0.15) is 32.3 Å². The largest absolute Gasteiger partial charge is 0.372 e. The summed E-state index contributed by atoms with van der Waals surface area (Å²) in [6, 6.07) is 16.3. The molecule has 7 heteroatoms. The van der Waals surface area contributed by atoms with Crippen LogP contribution in [0.3, 0.4) is 0 Å². The number of aryl methyl sites for hydroxylation is 1. The monoisotopic (exact) mass is 449 g/mol. The first-order valence-corrected chi connectivity index (χ1v) is 12.3. The maximum absolute atomic E-state index is 12.5. The van der Waals surface area contributed by atoms with E-state index < -0.39 is 0 Å². The van der Waals surface area contributed by atoms with E-state index in [4.69, 9.17) is 0 Å². The molecule has 0 aliphatic carbocycles. The highest BCUT2D eigenvalue weighted by atomic mass is 32.2. The molecule has 2 heterocycles. The molecule has 1 aliphatic rings. The first-order valence-electron chi connectivity index (χ1n) is 11.3. The van der Waals surface area contributed by atoms with Gasteiger partial charge in [-0.25, -0.2) is 0 Å².